The fourth-order valence-electron chi connectivity index (χ4n) is 2.13. The Labute approximate surface area is 134 Å². The van der Waals surface area contributed by atoms with Crippen molar-refractivity contribution in [1.82, 2.24) is 10.6 Å². The SMILES string of the molecule is CC(=O)NCCNC(=O)c1ccccc1C(=O)c1ccccc1. The molecule has 118 valence electrons. The number of rotatable bonds is 6. The fraction of sp³-hybridized carbons (Fsp3) is 0.167. The van der Waals surface area contributed by atoms with Gasteiger partial charge in [-0.1, -0.05) is 48.5 Å². The highest BCUT2D eigenvalue weighted by Crippen LogP contribution is 2.14. The van der Waals surface area contributed by atoms with E-state index in [2.05, 4.69) is 10.6 Å². The molecule has 2 aromatic rings. The summed E-state index contributed by atoms with van der Waals surface area (Å²) < 4.78 is 0. The van der Waals surface area contributed by atoms with E-state index >= 15 is 0 Å². The molecule has 5 nitrogen and oxygen atoms in total. The lowest BCUT2D eigenvalue weighted by Gasteiger charge is -2.10. The summed E-state index contributed by atoms with van der Waals surface area (Å²) in [5, 5.41) is 5.29. The molecule has 0 atom stereocenters. The number of carbonyl (C=O) groups excluding carboxylic acids is 3. The van der Waals surface area contributed by atoms with E-state index in [0.717, 1.165) is 0 Å². The summed E-state index contributed by atoms with van der Waals surface area (Å²) in [5.74, 6) is -0.688. The van der Waals surface area contributed by atoms with E-state index < -0.39 is 0 Å². The van der Waals surface area contributed by atoms with E-state index in [1.165, 1.54) is 6.92 Å². The lowest BCUT2D eigenvalue weighted by Crippen LogP contribution is -2.34. The van der Waals surface area contributed by atoms with Crippen LogP contribution in [-0.2, 0) is 4.79 Å². The van der Waals surface area contributed by atoms with Crippen molar-refractivity contribution >= 4 is 17.6 Å². The van der Waals surface area contributed by atoms with Gasteiger partial charge in [-0.15, -0.1) is 0 Å². The maximum absolute atomic E-state index is 12.6. The van der Waals surface area contributed by atoms with E-state index in [1.54, 1.807) is 48.5 Å². The number of amides is 2. The van der Waals surface area contributed by atoms with Gasteiger partial charge in [-0.05, 0) is 6.07 Å². The summed E-state index contributed by atoms with van der Waals surface area (Å²) in [6.45, 7) is 2.05. The summed E-state index contributed by atoms with van der Waals surface area (Å²) in [6, 6.07) is 15.5. The average Bonchev–Trinajstić information content (AvgIpc) is 2.58. The van der Waals surface area contributed by atoms with Gasteiger partial charge in [-0.3, -0.25) is 14.4 Å². The number of hydrogen-bond acceptors (Lipinski definition) is 3. The molecule has 0 aliphatic carbocycles. The maximum Gasteiger partial charge on any atom is 0.252 e. The topological polar surface area (TPSA) is 75.3 Å². The predicted octanol–water partition coefficient (Wildman–Crippen LogP) is 1.78. The van der Waals surface area contributed by atoms with Crippen LogP contribution in [-0.4, -0.2) is 30.7 Å². The minimum absolute atomic E-state index is 0.154. The van der Waals surface area contributed by atoms with Gasteiger partial charge in [-0.2, -0.15) is 0 Å². The first-order valence-electron chi connectivity index (χ1n) is 7.31. The summed E-state index contributed by atoms with van der Waals surface area (Å²) in [6.07, 6.45) is 0. The van der Waals surface area contributed by atoms with Gasteiger partial charge in [0, 0.05) is 31.1 Å². The largest absolute Gasteiger partial charge is 0.355 e. The van der Waals surface area contributed by atoms with Crippen molar-refractivity contribution in [3.63, 3.8) is 0 Å². The first-order chi connectivity index (χ1) is 11.1. The number of ketones is 1. The van der Waals surface area contributed by atoms with Crippen molar-refractivity contribution in [2.24, 2.45) is 0 Å². The molecule has 0 aliphatic rings. The second-order valence-corrected chi connectivity index (χ2v) is 4.98. The molecule has 0 fully saturated rings. The van der Waals surface area contributed by atoms with Crippen LogP contribution in [0.25, 0.3) is 0 Å². The van der Waals surface area contributed by atoms with Crippen molar-refractivity contribution in [1.29, 1.82) is 0 Å². The van der Waals surface area contributed by atoms with Gasteiger partial charge in [0.2, 0.25) is 5.91 Å². The van der Waals surface area contributed by atoms with Crippen LogP contribution >= 0.6 is 0 Å². The van der Waals surface area contributed by atoms with Crippen LogP contribution in [0.4, 0.5) is 0 Å². The number of benzene rings is 2. The maximum atomic E-state index is 12.6. The Morgan fingerprint density at radius 3 is 2.00 bits per heavy atom. The molecule has 2 aromatic carbocycles. The van der Waals surface area contributed by atoms with Crippen LogP contribution in [0.15, 0.2) is 54.6 Å². The molecule has 0 heterocycles. The highest BCUT2D eigenvalue weighted by molar-refractivity contribution is 6.15. The molecule has 23 heavy (non-hydrogen) atoms. The molecule has 5 heteroatoms. The van der Waals surface area contributed by atoms with Crippen molar-refractivity contribution in [2.75, 3.05) is 13.1 Å². The van der Waals surface area contributed by atoms with Crippen LogP contribution in [0.2, 0.25) is 0 Å². The highest BCUT2D eigenvalue weighted by atomic mass is 16.2. The van der Waals surface area contributed by atoms with E-state index in [-0.39, 0.29) is 17.6 Å². The van der Waals surface area contributed by atoms with E-state index in [0.29, 0.717) is 29.8 Å². The second kappa shape index (κ2) is 7.89. The molecular weight excluding hydrogens is 292 g/mol. The number of hydrogen-bond donors (Lipinski definition) is 2. The minimum Gasteiger partial charge on any atom is -0.355 e. The lowest BCUT2D eigenvalue weighted by molar-refractivity contribution is -0.118. The fourth-order valence-corrected chi connectivity index (χ4v) is 2.13. The molecule has 2 rings (SSSR count). The Morgan fingerprint density at radius 2 is 1.35 bits per heavy atom. The van der Waals surface area contributed by atoms with Gasteiger partial charge in [-0.25, -0.2) is 0 Å². The van der Waals surface area contributed by atoms with E-state index in [4.69, 9.17) is 0 Å². The molecule has 0 radical (unpaired) electrons. The van der Waals surface area contributed by atoms with Crippen LogP contribution in [0.1, 0.15) is 33.2 Å². The number of nitrogens with one attached hydrogen (secondary N) is 2. The summed E-state index contributed by atoms with van der Waals surface area (Å²) in [5.41, 5.74) is 1.21. The Morgan fingerprint density at radius 1 is 0.783 bits per heavy atom. The van der Waals surface area contributed by atoms with Crippen LogP contribution in [0.5, 0.6) is 0 Å². The highest BCUT2D eigenvalue weighted by Gasteiger charge is 2.17. The minimum atomic E-state index is -0.338. The average molecular weight is 310 g/mol. The van der Waals surface area contributed by atoms with Gasteiger partial charge < -0.3 is 10.6 Å². The zero-order valence-corrected chi connectivity index (χ0v) is 12.8. The molecule has 0 aromatic heterocycles. The summed E-state index contributed by atoms with van der Waals surface area (Å²) in [4.78, 5) is 35.6. The lowest BCUT2D eigenvalue weighted by atomic mass is 9.98. The summed E-state index contributed by atoms with van der Waals surface area (Å²) in [7, 11) is 0. The molecule has 2 N–H and O–H groups in total. The molecule has 0 bridgehead atoms. The first-order valence-corrected chi connectivity index (χ1v) is 7.31. The zero-order chi connectivity index (χ0) is 16.7. The number of carbonyl (C=O) groups is 3. The van der Waals surface area contributed by atoms with Gasteiger partial charge in [0.15, 0.2) is 5.78 Å². The Hall–Kier alpha value is -2.95. The van der Waals surface area contributed by atoms with Crippen molar-refractivity contribution < 1.29 is 14.4 Å². The van der Waals surface area contributed by atoms with Gasteiger partial charge in [0.25, 0.3) is 5.91 Å². The normalized spacial score (nSPS) is 9.96. The van der Waals surface area contributed by atoms with Crippen molar-refractivity contribution in [3.8, 4) is 0 Å². The molecule has 0 unspecified atom stereocenters. The van der Waals surface area contributed by atoms with Crippen LogP contribution < -0.4 is 10.6 Å². The molecule has 0 saturated heterocycles. The quantitative estimate of drug-likeness (QED) is 0.631. The molecular formula is C18H18N2O3. The molecule has 2 amide bonds. The zero-order valence-electron chi connectivity index (χ0n) is 12.8. The molecule has 0 aliphatic heterocycles. The Kier molecular flexibility index (Phi) is 5.63. The van der Waals surface area contributed by atoms with Gasteiger partial charge in [0.1, 0.15) is 0 Å². The second-order valence-electron chi connectivity index (χ2n) is 4.98. The third-order valence-corrected chi connectivity index (χ3v) is 3.24. The summed E-state index contributed by atoms with van der Waals surface area (Å²) >= 11 is 0. The standard InChI is InChI=1S/C18H18N2O3/c1-13(21)19-11-12-20-18(23)16-10-6-5-9-15(16)17(22)14-7-3-2-4-8-14/h2-10H,11-12H2,1H3,(H,19,21)(H,20,23). The first kappa shape index (κ1) is 16.4. The van der Waals surface area contributed by atoms with E-state index in [1.807, 2.05) is 6.07 Å². The van der Waals surface area contributed by atoms with Crippen molar-refractivity contribution in [3.05, 3.63) is 71.3 Å². The van der Waals surface area contributed by atoms with Gasteiger partial charge >= 0.3 is 0 Å². The van der Waals surface area contributed by atoms with Crippen LogP contribution in [0.3, 0.4) is 0 Å². The molecule has 0 spiro atoms. The predicted molar refractivity (Wildman–Crippen MR) is 87.3 cm³/mol. The van der Waals surface area contributed by atoms with Gasteiger partial charge in [0.05, 0.1) is 5.56 Å². The monoisotopic (exact) mass is 310 g/mol. The Bertz CT molecular complexity index is 711. The van der Waals surface area contributed by atoms with Crippen molar-refractivity contribution in [2.45, 2.75) is 6.92 Å². The third kappa shape index (κ3) is 4.51. The smallest absolute Gasteiger partial charge is 0.252 e. The Balaban J connectivity index is 2.12. The third-order valence-electron chi connectivity index (χ3n) is 3.24. The van der Waals surface area contributed by atoms with Crippen LogP contribution in [0, 0.1) is 0 Å². The molecule has 0 saturated carbocycles. The van der Waals surface area contributed by atoms with E-state index in [9.17, 15) is 14.4 Å².